The third-order valence-electron chi connectivity index (χ3n) is 3.60. The van der Waals surface area contributed by atoms with Gasteiger partial charge in [0.15, 0.2) is 11.6 Å². The van der Waals surface area contributed by atoms with E-state index in [9.17, 15) is 8.78 Å². The van der Waals surface area contributed by atoms with Gasteiger partial charge in [-0.2, -0.15) is 0 Å². The van der Waals surface area contributed by atoms with E-state index in [1.807, 2.05) is 0 Å². The Balaban J connectivity index is 1.98. The molecular weight excluding hydrogens is 236 g/mol. The number of hydrogen-bond donors (Lipinski definition) is 1. The number of piperidine rings is 1. The minimum atomic E-state index is -0.487. The molecule has 0 spiro atoms. The predicted octanol–water partition coefficient (Wildman–Crippen LogP) is 2.91. The highest BCUT2D eigenvalue weighted by Crippen LogP contribution is 2.24. The van der Waals surface area contributed by atoms with Gasteiger partial charge in [-0.3, -0.25) is 0 Å². The van der Waals surface area contributed by atoms with Gasteiger partial charge in [-0.15, -0.1) is 0 Å². The van der Waals surface area contributed by atoms with E-state index in [1.165, 1.54) is 13.2 Å². The number of nitrogens with one attached hydrogen (secondary N) is 1. The Morgan fingerprint density at radius 3 is 2.61 bits per heavy atom. The van der Waals surface area contributed by atoms with Crippen molar-refractivity contribution in [3.8, 4) is 5.75 Å². The molecule has 1 aliphatic rings. The first kappa shape index (κ1) is 13.3. The van der Waals surface area contributed by atoms with E-state index < -0.39 is 5.82 Å². The highest BCUT2D eigenvalue weighted by Gasteiger charge is 2.15. The smallest absolute Gasteiger partial charge is 0.165 e. The summed E-state index contributed by atoms with van der Waals surface area (Å²) in [6.07, 6.45) is 3.77. The van der Waals surface area contributed by atoms with Gasteiger partial charge in [0.05, 0.1) is 7.11 Å². The lowest BCUT2D eigenvalue weighted by Gasteiger charge is -2.22. The summed E-state index contributed by atoms with van der Waals surface area (Å²) in [5, 5.41) is 3.30. The van der Waals surface area contributed by atoms with Crippen LogP contribution in [0, 0.1) is 17.6 Å². The maximum Gasteiger partial charge on any atom is 0.165 e. The van der Waals surface area contributed by atoms with Crippen LogP contribution in [0.1, 0.15) is 24.8 Å². The molecule has 1 aliphatic heterocycles. The Kier molecular flexibility index (Phi) is 4.53. The molecule has 1 heterocycles. The Morgan fingerprint density at radius 1 is 1.22 bits per heavy atom. The van der Waals surface area contributed by atoms with Crippen LogP contribution in [0.3, 0.4) is 0 Å². The number of rotatable bonds is 4. The average Bonchev–Trinajstić information content (AvgIpc) is 2.40. The number of aryl methyl sites for hydroxylation is 1. The molecular formula is C14H19F2NO. The third kappa shape index (κ3) is 3.19. The first-order valence-corrected chi connectivity index (χ1v) is 6.43. The van der Waals surface area contributed by atoms with E-state index in [2.05, 4.69) is 5.32 Å². The van der Waals surface area contributed by atoms with Gasteiger partial charge < -0.3 is 10.1 Å². The van der Waals surface area contributed by atoms with Gasteiger partial charge >= 0.3 is 0 Å². The molecule has 2 rings (SSSR count). The molecule has 0 radical (unpaired) electrons. The van der Waals surface area contributed by atoms with Gasteiger partial charge in [-0.1, -0.05) is 0 Å². The second-order valence-corrected chi connectivity index (χ2v) is 4.81. The van der Waals surface area contributed by atoms with Crippen LogP contribution in [0.25, 0.3) is 0 Å². The fourth-order valence-electron chi connectivity index (χ4n) is 2.45. The van der Waals surface area contributed by atoms with Crippen LogP contribution in [-0.2, 0) is 6.42 Å². The standard InChI is InChI=1S/C14H19F2NO/c1-18-14-9-12(15)11(8-13(14)16)3-2-10-4-6-17-7-5-10/h8-10,17H,2-7H2,1H3. The summed E-state index contributed by atoms with van der Waals surface area (Å²) in [5.41, 5.74) is 0.451. The van der Waals surface area contributed by atoms with Crippen molar-refractivity contribution in [2.45, 2.75) is 25.7 Å². The Labute approximate surface area is 106 Å². The zero-order valence-corrected chi connectivity index (χ0v) is 10.6. The van der Waals surface area contributed by atoms with Crippen LogP contribution in [0.4, 0.5) is 8.78 Å². The molecule has 1 fully saturated rings. The molecule has 0 saturated carbocycles. The molecule has 0 atom stereocenters. The van der Waals surface area contributed by atoms with Crippen LogP contribution < -0.4 is 10.1 Å². The second-order valence-electron chi connectivity index (χ2n) is 4.81. The lowest BCUT2D eigenvalue weighted by atomic mass is 9.91. The molecule has 1 saturated heterocycles. The van der Waals surface area contributed by atoms with Crippen LogP contribution in [0.15, 0.2) is 12.1 Å². The molecule has 0 aromatic heterocycles. The van der Waals surface area contributed by atoms with Crippen molar-refractivity contribution in [1.29, 1.82) is 0 Å². The Hall–Kier alpha value is -1.16. The van der Waals surface area contributed by atoms with E-state index in [0.29, 0.717) is 17.9 Å². The van der Waals surface area contributed by atoms with Gasteiger partial charge in [0.1, 0.15) is 5.82 Å². The average molecular weight is 255 g/mol. The van der Waals surface area contributed by atoms with Crippen molar-refractivity contribution in [1.82, 2.24) is 5.32 Å². The van der Waals surface area contributed by atoms with Gasteiger partial charge in [-0.05, 0) is 56.3 Å². The molecule has 1 aromatic rings. The van der Waals surface area contributed by atoms with E-state index in [1.54, 1.807) is 0 Å². The lowest BCUT2D eigenvalue weighted by molar-refractivity contribution is 0.351. The van der Waals surface area contributed by atoms with Gasteiger partial charge in [0.25, 0.3) is 0 Å². The summed E-state index contributed by atoms with van der Waals surface area (Å²) >= 11 is 0. The zero-order valence-electron chi connectivity index (χ0n) is 10.6. The van der Waals surface area contributed by atoms with Crippen molar-refractivity contribution < 1.29 is 13.5 Å². The third-order valence-corrected chi connectivity index (χ3v) is 3.60. The van der Waals surface area contributed by atoms with Crippen molar-refractivity contribution in [3.05, 3.63) is 29.3 Å². The molecule has 1 N–H and O–H groups in total. The lowest BCUT2D eigenvalue weighted by Crippen LogP contribution is -2.27. The summed E-state index contributed by atoms with van der Waals surface area (Å²) in [5.74, 6) is -0.268. The minimum absolute atomic E-state index is 0.0295. The number of methoxy groups -OCH3 is 1. The van der Waals surface area contributed by atoms with E-state index in [0.717, 1.165) is 38.4 Å². The molecule has 0 bridgehead atoms. The SMILES string of the molecule is COc1cc(F)c(CCC2CCNCC2)cc1F. The molecule has 2 nitrogen and oxygen atoms in total. The first-order chi connectivity index (χ1) is 8.70. The number of hydrogen-bond acceptors (Lipinski definition) is 2. The van der Waals surface area contributed by atoms with Gasteiger partial charge in [-0.25, -0.2) is 8.78 Å². The number of halogens is 2. The van der Waals surface area contributed by atoms with E-state index >= 15 is 0 Å². The second kappa shape index (κ2) is 6.14. The van der Waals surface area contributed by atoms with Crippen molar-refractivity contribution >= 4 is 0 Å². The van der Waals surface area contributed by atoms with Crippen LogP contribution in [0.2, 0.25) is 0 Å². The van der Waals surface area contributed by atoms with Crippen LogP contribution >= 0.6 is 0 Å². The topological polar surface area (TPSA) is 21.3 Å². The maximum atomic E-state index is 13.7. The molecule has 100 valence electrons. The largest absolute Gasteiger partial charge is 0.494 e. The first-order valence-electron chi connectivity index (χ1n) is 6.43. The minimum Gasteiger partial charge on any atom is -0.494 e. The Bertz CT molecular complexity index is 403. The van der Waals surface area contributed by atoms with Crippen molar-refractivity contribution in [2.24, 2.45) is 5.92 Å². The van der Waals surface area contributed by atoms with Crippen LogP contribution in [0.5, 0.6) is 5.75 Å². The molecule has 18 heavy (non-hydrogen) atoms. The Morgan fingerprint density at radius 2 is 1.94 bits per heavy atom. The predicted molar refractivity (Wildman–Crippen MR) is 66.8 cm³/mol. The van der Waals surface area contributed by atoms with Crippen LogP contribution in [-0.4, -0.2) is 20.2 Å². The fraction of sp³-hybridized carbons (Fsp3) is 0.571. The summed E-state index contributed by atoms with van der Waals surface area (Å²) in [6.45, 7) is 2.06. The van der Waals surface area contributed by atoms with Crippen molar-refractivity contribution in [2.75, 3.05) is 20.2 Å². The molecule has 0 amide bonds. The van der Waals surface area contributed by atoms with E-state index in [-0.39, 0.29) is 11.6 Å². The van der Waals surface area contributed by atoms with Crippen molar-refractivity contribution in [3.63, 3.8) is 0 Å². The molecule has 0 unspecified atom stereocenters. The zero-order chi connectivity index (χ0) is 13.0. The monoisotopic (exact) mass is 255 g/mol. The number of benzene rings is 1. The highest BCUT2D eigenvalue weighted by atomic mass is 19.1. The summed E-state index contributed by atoms with van der Waals surface area (Å²) in [7, 11) is 1.34. The maximum absolute atomic E-state index is 13.7. The summed E-state index contributed by atoms with van der Waals surface area (Å²) < 4.78 is 32.0. The highest BCUT2D eigenvalue weighted by molar-refractivity contribution is 5.30. The fourth-order valence-corrected chi connectivity index (χ4v) is 2.45. The molecule has 0 aliphatic carbocycles. The quantitative estimate of drug-likeness (QED) is 0.893. The summed E-state index contributed by atoms with van der Waals surface area (Å²) in [6, 6.07) is 2.39. The normalized spacial score (nSPS) is 16.8. The van der Waals surface area contributed by atoms with Gasteiger partial charge in [0.2, 0.25) is 0 Å². The summed E-state index contributed by atoms with van der Waals surface area (Å²) in [4.78, 5) is 0. The molecule has 1 aromatic carbocycles. The number of ether oxygens (including phenoxy) is 1. The molecule has 4 heteroatoms. The van der Waals surface area contributed by atoms with Gasteiger partial charge in [0, 0.05) is 6.07 Å². The van der Waals surface area contributed by atoms with E-state index in [4.69, 9.17) is 4.74 Å².